The standard InChI is InChI=1S/C11H13NO3S.C2H6/c1-12(2)11(16)15-9-7-5-4-6-8(9)10(13)14-3;1-2/h4-7H,1-3H3;1-2H3. The highest BCUT2D eigenvalue weighted by atomic mass is 32.1. The normalized spacial score (nSPS) is 8.72. The second-order valence-electron chi connectivity index (χ2n) is 3.25. The monoisotopic (exact) mass is 269 g/mol. The van der Waals surface area contributed by atoms with E-state index in [4.69, 9.17) is 17.0 Å². The Balaban J connectivity index is 0.00000137. The molecule has 0 fully saturated rings. The number of hydrogen-bond donors (Lipinski definition) is 0. The van der Waals surface area contributed by atoms with Crippen LogP contribution in [0.2, 0.25) is 0 Å². The highest BCUT2D eigenvalue weighted by Crippen LogP contribution is 2.19. The Morgan fingerprint density at radius 2 is 1.78 bits per heavy atom. The number of rotatable bonds is 2. The molecule has 0 bridgehead atoms. The first kappa shape index (κ1) is 16.4. The van der Waals surface area contributed by atoms with Crippen LogP contribution in [0.5, 0.6) is 5.75 Å². The summed E-state index contributed by atoms with van der Waals surface area (Å²) in [6.45, 7) is 4.00. The summed E-state index contributed by atoms with van der Waals surface area (Å²) < 4.78 is 10.0. The Labute approximate surface area is 113 Å². The van der Waals surface area contributed by atoms with Gasteiger partial charge in [-0.3, -0.25) is 0 Å². The SMILES string of the molecule is CC.COC(=O)c1ccccc1OC(=S)N(C)C. The lowest BCUT2D eigenvalue weighted by atomic mass is 10.2. The van der Waals surface area contributed by atoms with Gasteiger partial charge in [0.1, 0.15) is 11.3 Å². The van der Waals surface area contributed by atoms with Crippen LogP contribution in [0.1, 0.15) is 24.2 Å². The average molecular weight is 269 g/mol. The molecule has 0 unspecified atom stereocenters. The lowest BCUT2D eigenvalue weighted by molar-refractivity contribution is 0.0598. The number of para-hydroxylation sites is 1. The average Bonchev–Trinajstić information content (AvgIpc) is 2.40. The molecule has 0 aromatic heterocycles. The molecular weight excluding hydrogens is 250 g/mol. The number of methoxy groups -OCH3 is 1. The van der Waals surface area contributed by atoms with E-state index in [2.05, 4.69) is 4.74 Å². The zero-order chi connectivity index (χ0) is 14.1. The van der Waals surface area contributed by atoms with Crippen LogP contribution < -0.4 is 4.74 Å². The fourth-order valence-electron chi connectivity index (χ4n) is 1.02. The summed E-state index contributed by atoms with van der Waals surface area (Å²) in [5, 5.41) is 0.288. The first-order chi connectivity index (χ1) is 8.56. The number of thiocarbonyl (C=S) groups is 1. The van der Waals surface area contributed by atoms with Crippen molar-refractivity contribution in [3.8, 4) is 5.75 Å². The first-order valence-corrected chi connectivity index (χ1v) is 6.03. The summed E-state index contributed by atoms with van der Waals surface area (Å²) in [5.74, 6) is -0.0507. The molecule has 5 heteroatoms. The van der Waals surface area contributed by atoms with E-state index in [1.165, 1.54) is 7.11 Å². The van der Waals surface area contributed by atoms with Crippen molar-refractivity contribution in [3.05, 3.63) is 29.8 Å². The molecule has 0 aliphatic rings. The molecule has 0 saturated carbocycles. The summed E-state index contributed by atoms with van der Waals surface area (Å²) in [7, 11) is 4.86. The Kier molecular flexibility index (Phi) is 7.71. The smallest absolute Gasteiger partial charge is 0.341 e. The van der Waals surface area contributed by atoms with Crippen LogP contribution >= 0.6 is 12.2 Å². The highest BCUT2D eigenvalue weighted by Gasteiger charge is 2.14. The Bertz CT molecular complexity index is 405. The molecule has 100 valence electrons. The number of hydrogen-bond acceptors (Lipinski definition) is 4. The second-order valence-corrected chi connectivity index (χ2v) is 3.60. The van der Waals surface area contributed by atoms with E-state index in [1.807, 2.05) is 13.8 Å². The van der Waals surface area contributed by atoms with Crippen molar-refractivity contribution in [2.24, 2.45) is 0 Å². The maximum absolute atomic E-state index is 11.4. The van der Waals surface area contributed by atoms with Crippen LogP contribution in [0.15, 0.2) is 24.3 Å². The number of benzene rings is 1. The van der Waals surface area contributed by atoms with Gasteiger partial charge in [0.05, 0.1) is 7.11 Å². The van der Waals surface area contributed by atoms with Crippen LogP contribution in [0, 0.1) is 0 Å². The van der Waals surface area contributed by atoms with Gasteiger partial charge in [-0.2, -0.15) is 0 Å². The van der Waals surface area contributed by atoms with Crippen molar-refractivity contribution >= 4 is 23.4 Å². The molecule has 0 amide bonds. The summed E-state index contributed by atoms with van der Waals surface area (Å²) in [5.41, 5.74) is 0.356. The molecule has 0 aliphatic heterocycles. The van der Waals surface area contributed by atoms with E-state index in [1.54, 1.807) is 43.3 Å². The number of carbonyl (C=O) groups is 1. The van der Waals surface area contributed by atoms with Crippen LogP contribution in [-0.4, -0.2) is 37.2 Å². The van der Waals surface area contributed by atoms with Gasteiger partial charge in [0.2, 0.25) is 0 Å². The minimum Gasteiger partial charge on any atom is -0.465 e. The minimum absolute atomic E-state index is 0.288. The van der Waals surface area contributed by atoms with Crippen molar-refractivity contribution < 1.29 is 14.3 Å². The Morgan fingerprint density at radius 3 is 2.28 bits per heavy atom. The predicted molar refractivity (Wildman–Crippen MR) is 76.0 cm³/mol. The van der Waals surface area contributed by atoms with Crippen molar-refractivity contribution in [3.63, 3.8) is 0 Å². The van der Waals surface area contributed by atoms with Gasteiger partial charge < -0.3 is 14.4 Å². The molecule has 1 aromatic rings. The molecule has 0 aliphatic carbocycles. The van der Waals surface area contributed by atoms with Gasteiger partial charge >= 0.3 is 5.97 Å². The molecule has 0 radical (unpaired) electrons. The topological polar surface area (TPSA) is 38.8 Å². The molecule has 0 spiro atoms. The van der Waals surface area contributed by atoms with Crippen LogP contribution in [0.3, 0.4) is 0 Å². The van der Waals surface area contributed by atoms with Gasteiger partial charge in [0.25, 0.3) is 5.17 Å². The molecule has 18 heavy (non-hydrogen) atoms. The summed E-state index contributed by atoms with van der Waals surface area (Å²) in [6, 6.07) is 6.79. The van der Waals surface area contributed by atoms with Gasteiger partial charge in [0, 0.05) is 14.1 Å². The fourth-order valence-corrected chi connectivity index (χ4v) is 1.11. The lowest BCUT2D eigenvalue weighted by Crippen LogP contribution is -2.25. The number of nitrogens with zero attached hydrogens (tertiary/aromatic N) is 1. The Morgan fingerprint density at radius 1 is 1.22 bits per heavy atom. The third-order valence-electron chi connectivity index (χ3n) is 1.85. The van der Waals surface area contributed by atoms with E-state index >= 15 is 0 Å². The molecule has 0 saturated heterocycles. The molecular formula is C13H19NO3S. The van der Waals surface area contributed by atoms with Crippen LogP contribution in [0.25, 0.3) is 0 Å². The molecule has 4 nitrogen and oxygen atoms in total. The third-order valence-corrected chi connectivity index (χ3v) is 2.30. The molecule has 1 aromatic carbocycles. The maximum atomic E-state index is 11.4. The van der Waals surface area contributed by atoms with Crippen molar-refractivity contribution in [2.45, 2.75) is 13.8 Å². The van der Waals surface area contributed by atoms with Crippen LogP contribution in [0.4, 0.5) is 0 Å². The first-order valence-electron chi connectivity index (χ1n) is 5.62. The van der Waals surface area contributed by atoms with Crippen molar-refractivity contribution in [2.75, 3.05) is 21.2 Å². The van der Waals surface area contributed by atoms with Gasteiger partial charge in [-0.15, -0.1) is 0 Å². The largest absolute Gasteiger partial charge is 0.465 e. The zero-order valence-corrected chi connectivity index (χ0v) is 12.2. The highest BCUT2D eigenvalue weighted by molar-refractivity contribution is 7.80. The predicted octanol–water partition coefficient (Wildman–Crippen LogP) is 2.72. The summed E-state index contributed by atoms with van der Waals surface area (Å²) in [6.07, 6.45) is 0. The quantitative estimate of drug-likeness (QED) is 0.610. The molecule has 0 heterocycles. The maximum Gasteiger partial charge on any atom is 0.341 e. The number of ether oxygens (including phenoxy) is 2. The molecule has 0 N–H and O–H groups in total. The Hall–Kier alpha value is -1.62. The zero-order valence-electron chi connectivity index (χ0n) is 11.4. The van der Waals surface area contributed by atoms with Gasteiger partial charge in [0.15, 0.2) is 0 Å². The van der Waals surface area contributed by atoms with E-state index < -0.39 is 5.97 Å². The van der Waals surface area contributed by atoms with Crippen molar-refractivity contribution in [1.82, 2.24) is 4.90 Å². The van der Waals surface area contributed by atoms with E-state index in [-0.39, 0.29) is 5.17 Å². The van der Waals surface area contributed by atoms with E-state index in [9.17, 15) is 4.79 Å². The van der Waals surface area contributed by atoms with Crippen molar-refractivity contribution in [1.29, 1.82) is 0 Å². The van der Waals surface area contributed by atoms with Gasteiger partial charge in [-0.1, -0.05) is 26.0 Å². The van der Waals surface area contributed by atoms with Gasteiger partial charge in [-0.05, 0) is 24.4 Å². The van der Waals surface area contributed by atoms with E-state index in [0.717, 1.165) is 0 Å². The molecule has 0 atom stereocenters. The molecule has 1 rings (SSSR count). The second kappa shape index (κ2) is 8.47. The lowest BCUT2D eigenvalue weighted by Gasteiger charge is -2.15. The number of carbonyl (C=O) groups excluding carboxylic acids is 1. The summed E-state index contributed by atoms with van der Waals surface area (Å²) >= 11 is 4.99. The third kappa shape index (κ3) is 4.71. The van der Waals surface area contributed by atoms with E-state index in [0.29, 0.717) is 11.3 Å². The van der Waals surface area contributed by atoms with Crippen LogP contribution in [-0.2, 0) is 4.74 Å². The van der Waals surface area contributed by atoms with Gasteiger partial charge in [-0.25, -0.2) is 4.79 Å². The summed E-state index contributed by atoms with van der Waals surface area (Å²) in [4.78, 5) is 13.1. The number of esters is 1. The minimum atomic E-state index is -0.447. The fraction of sp³-hybridized carbons (Fsp3) is 0.385.